The molecule has 0 fully saturated rings. The number of aromatic amines is 1. The van der Waals surface area contributed by atoms with Crippen LogP contribution in [0.15, 0.2) is 21.7 Å². The van der Waals surface area contributed by atoms with E-state index in [0.29, 0.717) is 0 Å². The molecule has 1 aromatic rings. The molecule has 0 unspecified atom stereocenters. The maximum atomic E-state index is 11.3. The third-order valence-corrected chi connectivity index (χ3v) is 1.94. The second-order valence-electron chi connectivity index (χ2n) is 3.36. The molecule has 1 heterocycles. The van der Waals surface area contributed by atoms with Crippen molar-refractivity contribution in [3.05, 3.63) is 32.8 Å². The lowest BCUT2D eigenvalue weighted by Crippen LogP contribution is -2.42. The van der Waals surface area contributed by atoms with E-state index in [1.54, 1.807) is 0 Å². The minimum atomic E-state index is -1.19. The number of aliphatic carboxylic acids is 1. The van der Waals surface area contributed by atoms with Crippen molar-refractivity contribution < 1.29 is 14.7 Å². The van der Waals surface area contributed by atoms with Crippen molar-refractivity contribution in [3.63, 3.8) is 0 Å². The van der Waals surface area contributed by atoms with Crippen LogP contribution >= 0.6 is 0 Å². The van der Waals surface area contributed by atoms with Gasteiger partial charge in [0.1, 0.15) is 12.6 Å². The average molecular weight is 241 g/mol. The van der Waals surface area contributed by atoms with Crippen molar-refractivity contribution in [1.29, 1.82) is 0 Å². The van der Waals surface area contributed by atoms with E-state index in [4.69, 9.17) is 5.11 Å². The molecule has 0 saturated carbocycles. The fourth-order valence-corrected chi connectivity index (χ4v) is 1.07. The first-order chi connectivity index (χ1) is 7.90. The molecule has 1 atom stereocenters. The molecule has 0 aliphatic heterocycles. The zero-order valence-electron chi connectivity index (χ0n) is 8.97. The van der Waals surface area contributed by atoms with Crippen LogP contribution in [-0.4, -0.2) is 32.8 Å². The minimum Gasteiger partial charge on any atom is -0.480 e. The zero-order chi connectivity index (χ0) is 13.0. The Balaban J connectivity index is 2.75. The van der Waals surface area contributed by atoms with E-state index in [0.717, 1.165) is 16.8 Å². The topological polar surface area (TPSA) is 121 Å². The van der Waals surface area contributed by atoms with Gasteiger partial charge in [-0.2, -0.15) is 0 Å². The van der Waals surface area contributed by atoms with Crippen LogP contribution in [0.5, 0.6) is 0 Å². The van der Waals surface area contributed by atoms with Gasteiger partial charge in [-0.3, -0.25) is 24.3 Å². The van der Waals surface area contributed by atoms with Crippen LogP contribution in [0, 0.1) is 0 Å². The number of nitrogens with zero attached hydrogens (tertiary/aromatic N) is 1. The molecule has 8 nitrogen and oxygen atoms in total. The van der Waals surface area contributed by atoms with Gasteiger partial charge in [0.25, 0.3) is 11.1 Å². The van der Waals surface area contributed by atoms with E-state index in [2.05, 4.69) is 10.4 Å². The average Bonchev–Trinajstić information content (AvgIpc) is 2.23. The summed E-state index contributed by atoms with van der Waals surface area (Å²) in [5.41, 5.74) is -1.08. The van der Waals surface area contributed by atoms with Gasteiger partial charge in [0.15, 0.2) is 0 Å². The molecule has 1 aromatic heterocycles. The number of hydrogen-bond acceptors (Lipinski definition) is 4. The first-order valence-corrected chi connectivity index (χ1v) is 4.72. The SMILES string of the molecule is C[C@@H](NC(=O)Cn1[nH]c(=O)ccc1=O)C(=O)O. The highest BCUT2D eigenvalue weighted by atomic mass is 16.4. The molecule has 0 aromatic carbocycles. The predicted molar refractivity (Wildman–Crippen MR) is 56.6 cm³/mol. The summed E-state index contributed by atoms with van der Waals surface area (Å²) in [7, 11) is 0. The number of hydrogen-bond donors (Lipinski definition) is 3. The fraction of sp³-hybridized carbons (Fsp3) is 0.333. The van der Waals surface area contributed by atoms with Gasteiger partial charge in [0, 0.05) is 12.1 Å². The lowest BCUT2D eigenvalue weighted by atomic mass is 10.3. The van der Waals surface area contributed by atoms with Crippen molar-refractivity contribution >= 4 is 11.9 Å². The summed E-state index contributed by atoms with van der Waals surface area (Å²) >= 11 is 0. The zero-order valence-corrected chi connectivity index (χ0v) is 8.97. The Morgan fingerprint density at radius 2 is 2.12 bits per heavy atom. The van der Waals surface area contributed by atoms with Crippen LogP contribution in [0.1, 0.15) is 6.92 Å². The number of H-pyrrole nitrogens is 1. The summed E-state index contributed by atoms with van der Waals surface area (Å²) < 4.78 is 0.798. The van der Waals surface area contributed by atoms with Crippen molar-refractivity contribution in [2.45, 2.75) is 19.5 Å². The summed E-state index contributed by atoms with van der Waals surface area (Å²) in [6.07, 6.45) is 0. The van der Waals surface area contributed by atoms with Gasteiger partial charge in [0.05, 0.1) is 0 Å². The normalized spacial score (nSPS) is 11.8. The number of aromatic nitrogens is 2. The van der Waals surface area contributed by atoms with Crippen LogP contribution in [0.2, 0.25) is 0 Å². The highest BCUT2D eigenvalue weighted by Gasteiger charge is 2.14. The molecule has 0 spiro atoms. The summed E-state index contributed by atoms with van der Waals surface area (Å²) in [4.78, 5) is 43.9. The number of rotatable bonds is 4. The van der Waals surface area contributed by atoms with Gasteiger partial charge in [-0.15, -0.1) is 0 Å². The third kappa shape index (κ3) is 3.59. The first-order valence-electron chi connectivity index (χ1n) is 4.72. The molecule has 0 saturated heterocycles. The number of carboxylic acids is 1. The maximum absolute atomic E-state index is 11.3. The summed E-state index contributed by atoms with van der Waals surface area (Å²) in [5.74, 6) is -1.86. The van der Waals surface area contributed by atoms with Gasteiger partial charge >= 0.3 is 5.97 Å². The van der Waals surface area contributed by atoms with Crippen LogP contribution in [0.3, 0.4) is 0 Å². The molecule has 1 amide bonds. The third-order valence-electron chi connectivity index (χ3n) is 1.94. The van der Waals surface area contributed by atoms with E-state index in [9.17, 15) is 19.2 Å². The largest absolute Gasteiger partial charge is 0.480 e. The Bertz CT molecular complexity index is 544. The summed E-state index contributed by atoms with van der Waals surface area (Å²) in [5, 5.41) is 12.9. The summed E-state index contributed by atoms with van der Waals surface area (Å²) in [6, 6.07) is 0.997. The lowest BCUT2D eigenvalue weighted by molar-refractivity contribution is -0.141. The standard InChI is InChI=1S/C9H11N3O5/c1-5(9(16)17)10-7(14)4-12-8(15)3-2-6(13)11-12/h2-3,5H,4H2,1H3,(H,10,14)(H,11,13)(H,16,17)/t5-/m1/s1. The summed E-state index contributed by atoms with van der Waals surface area (Å²) in [6.45, 7) is 0.850. The number of nitrogens with one attached hydrogen (secondary N) is 2. The fourth-order valence-electron chi connectivity index (χ4n) is 1.07. The van der Waals surface area contributed by atoms with Gasteiger partial charge in [-0.05, 0) is 6.92 Å². The maximum Gasteiger partial charge on any atom is 0.325 e. The van der Waals surface area contributed by atoms with E-state index in [1.165, 1.54) is 6.92 Å². The van der Waals surface area contributed by atoms with Crippen LogP contribution in [-0.2, 0) is 16.1 Å². The Labute approximate surface area is 94.9 Å². The van der Waals surface area contributed by atoms with Crippen molar-refractivity contribution in [2.75, 3.05) is 0 Å². The Morgan fingerprint density at radius 1 is 1.47 bits per heavy atom. The Kier molecular flexibility index (Phi) is 3.81. The molecule has 8 heteroatoms. The highest BCUT2D eigenvalue weighted by molar-refractivity contribution is 5.82. The molecule has 3 N–H and O–H groups in total. The van der Waals surface area contributed by atoms with Gasteiger partial charge in [-0.1, -0.05) is 0 Å². The molecule has 0 aliphatic carbocycles. The molecule has 0 bridgehead atoms. The number of carboxylic acid groups (broad SMARTS) is 1. The van der Waals surface area contributed by atoms with Crippen LogP contribution < -0.4 is 16.4 Å². The molecule has 17 heavy (non-hydrogen) atoms. The molecular weight excluding hydrogens is 230 g/mol. The van der Waals surface area contributed by atoms with Crippen molar-refractivity contribution in [2.24, 2.45) is 0 Å². The first kappa shape index (κ1) is 12.7. The minimum absolute atomic E-state index is 0.438. The van der Waals surface area contributed by atoms with E-state index < -0.39 is 35.6 Å². The van der Waals surface area contributed by atoms with Gasteiger partial charge in [0.2, 0.25) is 5.91 Å². The van der Waals surface area contributed by atoms with Gasteiger partial charge < -0.3 is 10.4 Å². The lowest BCUT2D eigenvalue weighted by Gasteiger charge is -2.09. The predicted octanol–water partition coefficient (Wildman–Crippen LogP) is -1.87. The van der Waals surface area contributed by atoms with Crippen molar-refractivity contribution in [3.8, 4) is 0 Å². The molecule has 0 radical (unpaired) electrons. The van der Waals surface area contributed by atoms with E-state index in [1.807, 2.05) is 0 Å². The quantitative estimate of drug-likeness (QED) is 0.570. The van der Waals surface area contributed by atoms with Crippen LogP contribution in [0.4, 0.5) is 0 Å². The monoisotopic (exact) mass is 241 g/mol. The van der Waals surface area contributed by atoms with Crippen LogP contribution in [0.25, 0.3) is 0 Å². The molecule has 1 rings (SSSR count). The molecule has 92 valence electrons. The second-order valence-corrected chi connectivity index (χ2v) is 3.36. The highest BCUT2D eigenvalue weighted by Crippen LogP contribution is 1.82. The Morgan fingerprint density at radius 3 is 2.71 bits per heavy atom. The molecule has 0 aliphatic rings. The van der Waals surface area contributed by atoms with Gasteiger partial charge in [-0.25, -0.2) is 4.68 Å². The number of carbonyl (C=O) groups is 2. The number of carbonyl (C=O) groups excluding carboxylic acids is 1. The number of amides is 1. The van der Waals surface area contributed by atoms with E-state index in [-0.39, 0.29) is 0 Å². The van der Waals surface area contributed by atoms with E-state index >= 15 is 0 Å². The second kappa shape index (κ2) is 5.10. The van der Waals surface area contributed by atoms with Crippen molar-refractivity contribution in [1.82, 2.24) is 15.1 Å². The molecular formula is C9H11N3O5. The smallest absolute Gasteiger partial charge is 0.325 e. The Hall–Kier alpha value is -2.38.